The molecule has 0 amide bonds. The highest BCUT2D eigenvalue weighted by Crippen LogP contribution is 2.29. The van der Waals surface area contributed by atoms with E-state index in [1.807, 2.05) is 38.1 Å². The minimum atomic E-state index is -0.390. The first-order valence-electron chi connectivity index (χ1n) is 6.06. The lowest BCUT2D eigenvalue weighted by molar-refractivity contribution is -0.128. The minimum Gasteiger partial charge on any atom is -0.329 e. The molecular formula is C14H20ClNO. The number of rotatable bonds is 6. The number of nitrogens with two attached hydrogens (primary N) is 1. The molecule has 2 nitrogen and oxygen atoms in total. The highest BCUT2D eigenvalue weighted by Gasteiger charge is 2.32. The number of Topliss-reactive ketones (excluding diaryl/α,β-unsaturated/α-hetero) is 1. The van der Waals surface area contributed by atoms with E-state index in [2.05, 4.69) is 0 Å². The molecule has 0 spiro atoms. The van der Waals surface area contributed by atoms with Crippen molar-refractivity contribution in [1.29, 1.82) is 0 Å². The van der Waals surface area contributed by atoms with Crippen LogP contribution in [0.3, 0.4) is 0 Å². The Morgan fingerprint density at radius 2 is 1.88 bits per heavy atom. The number of benzene rings is 1. The van der Waals surface area contributed by atoms with Crippen molar-refractivity contribution in [2.45, 2.75) is 33.1 Å². The third-order valence-electron chi connectivity index (χ3n) is 3.64. The molecule has 0 saturated carbocycles. The summed E-state index contributed by atoms with van der Waals surface area (Å²) in [4.78, 5) is 12.3. The fraction of sp³-hybridized carbons (Fsp3) is 0.500. The van der Waals surface area contributed by atoms with Crippen LogP contribution < -0.4 is 5.73 Å². The Morgan fingerprint density at radius 3 is 2.35 bits per heavy atom. The Hall–Kier alpha value is -0.860. The second-order valence-corrected chi connectivity index (χ2v) is 4.79. The summed E-state index contributed by atoms with van der Waals surface area (Å²) >= 11 is 6.06. The van der Waals surface area contributed by atoms with Crippen molar-refractivity contribution in [2.24, 2.45) is 11.1 Å². The number of hydrogen-bond acceptors (Lipinski definition) is 2. The molecule has 0 fully saturated rings. The van der Waals surface area contributed by atoms with Gasteiger partial charge in [-0.25, -0.2) is 0 Å². The number of hydrogen-bond donors (Lipinski definition) is 1. The van der Waals surface area contributed by atoms with Crippen molar-refractivity contribution >= 4 is 17.4 Å². The Morgan fingerprint density at radius 1 is 1.29 bits per heavy atom. The molecule has 0 aromatic heterocycles. The lowest BCUT2D eigenvalue weighted by atomic mass is 9.76. The maximum absolute atomic E-state index is 12.3. The van der Waals surface area contributed by atoms with Crippen molar-refractivity contribution < 1.29 is 4.79 Å². The van der Waals surface area contributed by atoms with Gasteiger partial charge in [0.15, 0.2) is 0 Å². The molecule has 17 heavy (non-hydrogen) atoms. The Balaban J connectivity index is 2.88. The molecule has 0 aliphatic heterocycles. The molecule has 0 bridgehead atoms. The summed E-state index contributed by atoms with van der Waals surface area (Å²) in [6, 6.07) is 7.47. The van der Waals surface area contributed by atoms with Gasteiger partial charge < -0.3 is 5.73 Å². The van der Waals surface area contributed by atoms with Gasteiger partial charge in [0.2, 0.25) is 0 Å². The van der Waals surface area contributed by atoms with Crippen molar-refractivity contribution in [3.8, 4) is 0 Å². The summed E-state index contributed by atoms with van der Waals surface area (Å²) < 4.78 is 0. The normalized spacial score (nSPS) is 11.5. The molecule has 1 rings (SSSR count). The summed E-state index contributed by atoms with van der Waals surface area (Å²) in [6.45, 7) is 4.44. The summed E-state index contributed by atoms with van der Waals surface area (Å²) in [5, 5.41) is 0.652. The minimum absolute atomic E-state index is 0.193. The van der Waals surface area contributed by atoms with E-state index in [0.29, 0.717) is 18.0 Å². The highest BCUT2D eigenvalue weighted by atomic mass is 35.5. The van der Waals surface area contributed by atoms with Gasteiger partial charge in [-0.05, 0) is 24.5 Å². The smallest absolute Gasteiger partial charge is 0.144 e. The van der Waals surface area contributed by atoms with E-state index in [0.717, 1.165) is 18.4 Å². The van der Waals surface area contributed by atoms with Crippen LogP contribution in [0.1, 0.15) is 32.3 Å². The number of halogens is 1. The molecule has 1 aromatic carbocycles. The van der Waals surface area contributed by atoms with Gasteiger partial charge in [0.05, 0.1) is 0 Å². The van der Waals surface area contributed by atoms with E-state index in [1.54, 1.807) is 0 Å². The molecular weight excluding hydrogens is 234 g/mol. The first-order valence-corrected chi connectivity index (χ1v) is 6.44. The summed E-state index contributed by atoms with van der Waals surface area (Å²) in [5.41, 5.74) is 6.27. The van der Waals surface area contributed by atoms with Crippen LogP contribution in [0.15, 0.2) is 24.3 Å². The molecule has 0 saturated heterocycles. The van der Waals surface area contributed by atoms with E-state index in [-0.39, 0.29) is 11.2 Å². The van der Waals surface area contributed by atoms with Gasteiger partial charge in [-0.3, -0.25) is 4.79 Å². The van der Waals surface area contributed by atoms with Gasteiger partial charge in [0, 0.05) is 23.4 Å². The van der Waals surface area contributed by atoms with E-state index in [4.69, 9.17) is 17.3 Å². The fourth-order valence-corrected chi connectivity index (χ4v) is 2.25. The Labute approximate surface area is 108 Å². The number of ketones is 1. The SMILES string of the molecule is CCC(CC)(CN)C(=O)Cc1ccccc1Cl. The topological polar surface area (TPSA) is 43.1 Å². The molecule has 0 aliphatic carbocycles. The van der Waals surface area contributed by atoms with Crippen molar-refractivity contribution in [3.63, 3.8) is 0 Å². The van der Waals surface area contributed by atoms with Crippen molar-refractivity contribution in [3.05, 3.63) is 34.9 Å². The van der Waals surface area contributed by atoms with Gasteiger partial charge in [0.1, 0.15) is 5.78 Å². The molecule has 0 atom stereocenters. The van der Waals surface area contributed by atoms with Crippen LogP contribution >= 0.6 is 11.6 Å². The lowest BCUT2D eigenvalue weighted by Gasteiger charge is -2.28. The summed E-state index contributed by atoms with van der Waals surface area (Å²) in [7, 11) is 0. The van der Waals surface area contributed by atoms with Crippen LogP contribution in [0.4, 0.5) is 0 Å². The second-order valence-electron chi connectivity index (χ2n) is 4.38. The Kier molecular flexibility index (Phi) is 5.16. The summed E-state index contributed by atoms with van der Waals surface area (Å²) in [5.74, 6) is 0.193. The van der Waals surface area contributed by atoms with Crippen LogP contribution in [-0.2, 0) is 11.2 Å². The zero-order chi connectivity index (χ0) is 12.9. The average Bonchev–Trinajstić information content (AvgIpc) is 2.35. The third kappa shape index (κ3) is 3.08. The Bertz CT molecular complexity index is 377. The number of carbonyl (C=O) groups excluding carboxylic acids is 1. The van der Waals surface area contributed by atoms with Crippen LogP contribution in [0.2, 0.25) is 5.02 Å². The third-order valence-corrected chi connectivity index (χ3v) is 4.01. The van der Waals surface area contributed by atoms with Gasteiger partial charge >= 0.3 is 0 Å². The van der Waals surface area contributed by atoms with Crippen LogP contribution in [-0.4, -0.2) is 12.3 Å². The summed E-state index contributed by atoms with van der Waals surface area (Å²) in [6.07, 6.45) is 1.94. The highest BCUT2D eigenvalue weighted by molar-refractivity contribution is 6.31. The zero-order valence-corrected chi connectivity index (χ0v) is 11.3. The molecule has 1 aromatic rings. The standard InChI is InChI=1S/C14H20ClNO/c1-3-14(4-2,10-16)13(17)9-11-7-5-6-8-12(11)15/h5-8H,3-4,9-10,16H2,1-2H3. The van der Waals surface area contributed by atoms with Gasteiger partial charge in [-0.1, -0.05) is 43.6 Å². The second kappa shape index (κ2) is 6.18. The van der Waals surface area contributed by atoms with E-state index in [9.17, 15) is 4.79 Å². The predicted octanol–water partition coefficient (Wildman–Crippen LogP) is 3.22. The molecule has 0 heterocycles. The number of carbonyl (C=O) groups is 1. The first-order chi connectivity index (χ1) is 8.09. The van der Waals surface area contributed by atoms with Gasteiger partial charge in [0.25, 0.3) is 0 Å². The van der Waals surface area contributed by atoms with Gasteiger partial charge in [-0.2, -0.15) is 0 Å². The molecule has 0 unspecified atom stereocenters. The molecule has 3 heteroatoms. The largest absolute Gasteiger partial charge is 0.329 e. The van der Waals surface area contributed by atoms with Crippen LogP contribution in [0.25, 0.3) is 0 Å². The maximum atomic E-state index is 12.3. The molecule has 0 aliphatic rings. The van der Waals surface area contributed by atoms with E-state index >= 15 is 0 Å². The predicted molar refractivity (Wildman–Crippen MR) is 72.2 cm³/mol. The monoisotopic (exact) mass is 253 g/mol. The zero-order valence-electron chi connectivity index (χ0n) is 10.5. The maximum Gasteiger partial charge on any atom is 0.144 e. The van der Waals surface area contributed by atoms with Crippen LogP contribution in [0.5, 0.6) is 0 Å². The molecule has 94 valence electrons. The van der Waals surface area contributed by atoms with E-state index in [1.165, 1.54) is 0 Å². The van der Waals surface area contributed by atoms with Crippen molar-refractivity contribution in [1.82, 2.24) is 0 Å². The van der Waals surface area contributed by atoms with Gasteiger partial charge in [-0.15, -0.1) is 0 Å². The molecule has 2 N–H and O–H groups in total. The van der Waals surface area contributed by atoms with Crippen LogP contribution in [0, 0.1) is 5.41 Å². The first kappa shape index (κ1) is 14.2. The van der Waals surface area contributed by atoms with E-state index < -0.39 is 0 Å². The fourth-order valence-electron chi connectivity index (χ4n) is 2.05. The van der Waals surface area contributed by atoms with Crippen molar-refractivity contribution in [2.75, 3.05) is 6.54 Å². The quantitative estimate of drug-likeness (QED) is 0.846. The molecule has 0 radical (unpaired) electrons. The average molecular weight is 254 g/mol. The lowest BCUT2D eigenvalue weighted by Crippen LogP contribution is -2.38.